The van der Waals surface area contributed by atoms with Gasteiger partial charge in [-0.25, -0.2) is 4.68 Å². The van der Waals surface area contributed by atoms with Crippen molar-refractivity contribution in [1.29, 1.82) is 0 Å². The van der Waals surface area contributed by atoms with Crippen LogP contribution < -0.4 is 5.56 Å². The molecule has 5 rings (SSSR count). The fourth-order valence-corrected chi connectivity index (χ4v) is 4.49. The average molecular weight is 398 g/mol. The van der Waals surface area contributed by atoms with Gasteiger partial charge in [-0.1, -0.05) is 54.1 Å². The van der Waals surface area contributed by atoms with Crippen LogP contribution in [0.4, 0.5) is 0 Å². The summed E-state index contributed by atoms with van der Waals surface area (Å²) in [6, 6.07) is 20.4. The fraction of sp³-hybridized carbons (Fsp3) is 0.125. The second-order valence-corrected chi connectivity index (χ2v) is 8.08. The highest BCUT2D eigenvalue weighted by Crippen LogP contribution is 2.31. The van der Waals surface area contributed by atoms with Crippen molar-refractivity contribution < 1.29 is 0 Å². The van der Waals surface area contributed by atoms with Crippen molar-refractivity contribution in [3.05, 3.63) is 93.9 Å². The van der Waals surface area contributed by atoms with E-state index in [0.29, 0.717) is 13.0 Å². The number of thiophene rings is 1. The van der Waals surface area contributed by atoms with E-state index in [2.05, 4.69) is 48.4 Å². The predicted molar refractivity (Wildman–Crippen MR) is 120 cm³/mol. The van der Waals surface area contributed by atoms with Gasteiger partial charge in [-0.3, -0.25) is 9.78 Å². The number of fused-ring (bicyclic) bond motifs is 2. The number of hydrogen-bond donors (Lipinski definition) is 0. The highest BCUT2D eigenvalue weighted by molar-refractivity contribution is 7.17. The number of para-hydroxylation sites is 1. The first kappa shape index (κ1) is 17.8. The molecule has 0 spiro atoms. The zero-order valence-corrected chi connectivity index (χ0v) is 16.8. The van der Waals surface area contributed by atoms with Crippen LogP contribution in [0.2, 0.25) is 0 Å². The molecule has 142 valence electrons. The summed E-state index contributed by atoms with van der Waals surface area (Å²) in [6.45, 7) is 2.57. The molecule has 0 N–H and O–H groups in total. The smallest absolute Gasteiger partial charge is 0.267 e. The molecule has 0 aliphatic rings. The van der Waals surface area contributed by atoms with Gasteiger partial charge in [0.05, 0.1) is 28.3 Å². The molecule has 5 aromatic rings. The lowest BCUT2D eigenvalue weighted by Crippen LogP contribution is -2.23. The van der Waals surface area contributed by atoms with Crippen molar-refractivity contribution in [1.82, 2.24) is 14.8 Å². The summed E-state index contributed by atoms with van der Waals surface area (Å²) in [7, 11) is 0. The van der Waals surface area contributed by atoms with E-state index < -0.39 is 0 Å². The van der Waals surface area contributed by atoms with Gasteiger partial charge in [-0.15, -0.1) is 11.3 Å². The molecule has 0 bridgehead atoms. The normalized spacial score (nSPS) is 11.3. The van der Waals surface area contributed by atoms with Crippen LogP contribution in [0.3, 0.4) is 0 Å². The summed E-state index contributed by atoms with van der Waals surface area (Å²) in [6.07, 6.45) is 2.46. The van der Waals surface area contributed by atoms with Crippen LogP contribution in [-0.4, -0.2) is 14.8 Å². The minimum absolute atomic E-state index is 0.0416. The van der Waals surface area contributed by atoms with Crippen molar-refractivity contribution in [2.24, 2.45) is 0 Å². The number of aromatic nitrogens is 3. The Hall–Kier alpha value is -3.31. The fourth-order valence-electron chi connectivity index (χ4n) is 3.56. The van der Waals surface area contributed by atoms with E-state index in [-0.39, 0.29) is 5.56 Å². The molecular weight excluding hydrogens is 378 g/mol. The molecule has 3 heterocycles. The zero-order chi connectivity index (χ0) is 19.8. The topological polar surface area (TPSA) is 47.8 Å². The molecule has 29 heavy (non-hydrogen) atoms. The lowest BCUT2D eigenvalue weighted by Gasteiger charge is -2.07. The summed E-state index contributed by atoms with van der Waals surface area (Å²) >= 11 is 1.56. The number of pyridine rings is 1. The van der Waals surface area contributed by atoms with Crippen LogP contribution in [-0.2, 0) is 13.0 Å². The number of nitrogens with zero attached hydrogens (tertiary/aromatic N) is 3. The number of benzene rings is 2. The van der Waals surface area contributed by atoms with Crippen LogP contribution in [0.5, 0.6) is 0 Å². The Bertz CT molecular complexity index is 1380. The zero-order valence-electron chi connectivity index (χ0n) is 16.0. The Morgan fingerprint density at radius 2 is 1.83 bits per heavy atom. The second kappa shape index (κ2) is 7.26. The van der Waals surface area contributed by atoms with Gasteiger partial charge in [0, 0.05) is 28.4 Å². The molecule has 0 radical (unpaired) electrons. The van der Waals surface area contributed by atoms with Gasteiger partial charge in [0.1, 0.15) is 0 Å². The minimum Gasteiger partial charge on any atom is -0.267 e. The standard InChI is InChI=1S/C24H19N3OS/c1-16-6-8-17(9-7-16)20-15-29-22-14-25-27(24(28)23(20)22)13-12-19-11-10-18-4-2-3-5-21(18)26-19/h2-11,14-15H,12-13H2,1H3. The quantitative estimate of drug-likeness (QED) is 0.417. The van der Waals surface area contributed by atoms with E-state index in [4.69, 9.17) is 4.98 Å². The van der Waals surface area contributed by atoms with Crippen LogP contribution in [0.15, 0.2) is 77.0 Å². The highest BCUT2D eigenvalue weighted by atomic mass is 32.1. The van der Waals surface area contributed by atoms with Crippen LogP contribution in [0.1, 0.15) is 11.3 Å². The largest absolute Gasteiger partial charge is 0.276 e. The maximum absolute atomic E-state index is 13.2. The molecular formula is C24H19N3OS. The van der Waals surface area contributed by atoms with E-state index in [1.54, 1.807) is 22.2 Å². The van der Waals surface area contributed by atoms with E-state index in [9.17, 15) is 4.79 Å². The van der Waals surface area contributed by atoms with Gasteiger partial charge >= 0.3 is 0 Å². The Labute approximate surface area is 172 Å². The van der Waals surface area contributed by atoms with E-state index >= 15 is 0 Å². The molecule has 0 saturated carbocycles. The third kappa shape index (κ3) is 3.34. The highest BCUT2D eigenvalue weighted by Gasteiger charge is 2.13. The van der Waals surface area contributed by atoms with Gasteiger partial charge in [-0.05, 0) is 24.6 Å². The van der Waals surface area contributed by atoms with E-state index in [1.807, 2.05) is 29.6 Å². The maximum atomic E-state index is 13.2. The Morgan fingerprint density at radius 3 is 2.69 bits per heavy atom. The lowest BCUT2D eigenvalue weighted by molar-refractivity contribution is 0.580. The molecule has 2 aromatic carbocycles. The molecule has 5 heteroatoms. The Kier molecular flexibility index (Phi) is 4.45. The van der Waals surface area contributed by atoms with Gasteiger partial charge in [0.2, 0.25) is 0 Å². The average Bonchev–Trinajstić information content (AvgIpc) is 3.19. The van der Waals surface area contributed by atoms with E-state index in [0.717, 1.165) is 37.8 Å². The third-order valence-corrected chi connectivity index (χ3v) is 6.10. The number of hydrogen-bond acceptors (Lipinski definition) is 4. The summed E-state index contributed by atoms with van der Waals surface area (Å²) in [4.78, 5) is 17.9. The second-order valence-electron chi connectivity index (χ2n) is 7.17. The van der Waals surface area contributed by atoms with Crippen LogP contribution >= 0.6 is 11.3 Å². The van der Waals surface area contributed by atoms with Gasteiger partial charge < -0.3 is 0 Å². The van der Waals surface area contributed by atoms with Gasteiger partial charge in [0.15, 0.2) is 0 Å². The molecule has 4 nitrogen and oxygen atoms in total. The molecule has 0 atom stereocenters. The number of rotatable bonds is 4. The third-order valence-electron chi connectivity index (χ3n) is 5.18. The molecule has 3 aromatic heterocycles. The van der Waals surface area contributed by atoms with E-state index in [1.165, 1.54) is 5.56 Å². The van der Waals surface area contributed by atoms with Crippen molar-refractivity contribution in [3.63, 3.8) is 0 Å². The van der Waals surface area contributed by atoms with Crippen LogP contribution in [0, 0.1) is 6.92 Å². The van der Waals surface area contributed by atoms with Crippen molar-refractivity contribution in [3.8, 4) is 11.1 Å². The molecule has 0 unspecified atom stereocenters. The predicted octanol–water partition coefficient (Wildman–Crippen LogP) is 5.22. The first-order valence-corrected chi connectivity index (χ1v) is 10.5. The van der Waals surface area contributed by atoms with Crippen molar-refractivity contribution in [2.45, 2.75) is 19.9 Å². The SMILES string of the molecule is Cc1ccc(-c2csc3cnn(CCc4ccc5ccccc5n4)c(=O)c23)cc1. The first-order valence-electron chi connectivity index (χ1n) is 9.58. The Morgan fingerprint density at radius 1 is 1.00 bits per heavy atom. The molecule has 0 fully saturated rings. The number of aryl methyl sites for hydroxylation is 3. The minimum atomic E-state index is -0.0416. The van der Waals surface area contributed by atoms with Crippen molar-refractivity contribution >= 4 is 32.3 Å². The van der Waals surface area contributed by atoms with Crippen molar-refractivity contribution in [2.75, 3.05) is 0 Å². The molecule has 0 saturated heterocycles. The summed E-state index contributed by atoms with van der Waals surface area (Å²) in [5.41, 5.74) is 5.14. The lowest BCUT2D eigenvalue weighted by atomic mass is 10.0. The Balaban J connectivity index is 1.48. The van der Waals surface area contributed by atoms with Gasteiger partial charge in [0.25, 0.3) is 5.56 Å². The first-order chi connectivity index (χ1) is 14.2. The summed E-state index contributed by atoms with van der Waals surface area (Å²) < 4.78 is 2.48. The molecule has 0 aliphatic carbocycles. The van der Waals surface area contributed by atoms with Gasteiger partial charge in [-0.2, -0.15) is 5.10 Å². The summed E-state index contributed by atoms with van der Waals surface area (Å²) in [5, 5.41) is 8.31. The maximum Gasteiger partial charge on any atom is 0.276 e. The monoisotopic (exact) mass is 397 g/mol. The molecule has 0 amide bonds. The van der Waals surface area contributed by atoms with Crippen LogP contribution in [0.25, 0.3) is 32.1 Å². The summed E-state index contributed by atoms with van der Waals surface area (Å²) in [5.74, 6) is 0. The molecule has 0 aliphatic heterocycles.